The molecule has 0 radical (unpaired) electrons. The minimum absolute atomic E-state index is 0.181. The van der Waals surface area contributed by atoms with Crippen LogP contribution < -0.4 is 11.1 Å². The normalized spacial score (nSPS) is 10.4. The molecule has 20 heavy (non-hydrogen) atoms. The molecule has 0 unspecified atom stereocenters. The molecule has 104 valence electrons. The highest BCUT2D eigenvalue weighted by Crippen LogP contribution is 2.23. The maximum absolute atomic E-state index is 12.4. The van der Waals surface area contributed by atoms with Crippen molar-refractivity contribution >= 4 is 28.9 Å². The van der Waals surface area contributed by atoms with Crippen LogP contribution in [-0.4, -0.2) is 5.91 Å². The summed E-state index contributed by atoms with van der Waals surface area (Å²) >= 11 is 5.95. The van der Waals surface area contributed by atoms with Crippen molar-refractivity contribution in [2.24, 2.45) is 0 Å². The zero-order valence-corrected chi connectivity index (χ0v) is 12.5. The van der Waals surface area contributed by atoms with Crippen molar-refractivity contribution < 1.29 is 4.79 Å². The van der Waals surface area contributed by atoms with Crippen LogP contribution in [-0.2, 0) is 0 Å². The number of rotatable bonds is 2. The quantitative estimate of drug-likeness (QED) is 0.818. The average molecular weight is 289 g/mol. The molecule has 3 nitrogen and oxygen atoms in total. The molecule has 4 heteroatoms. The second kappa shape index (κ2) is 5.55. The SMILES string of the molecule is Cc1cc(C)c(C(=O)Nc2cc(Cl)ccc2C)cc1N. The van der Waals surface area contributed by atoms with Crippen LogP contribution in [0.5, 0.6) is 0 Å². The molecule has 2 rings (SSSR count). The van der Waals surface area contributed by atoms with Crippen LogP contribution in [0.3, 0.4) is 0 Å². The summed E-state index contributed by atoms with van der Waals surface area (Å²) in [7, 11) is 0. The lowest BCUT2D eigenvalue weighted by Crippen LogP contribution is -2.15. The van der Waals surface area contributed by atoms with E-state index in [1.165, 1.54) is 0 Å². The number of nitrogens with two attached hydrogens (primary N) is 1. The van der Waals surface area contributed by atoms with Crippen LogP contribution in [0.1, 0.15) is 27.0 Å². The van der Waals surface area contributed by atoms with Gasteiger partial charge in [-0.3, -0.25) is 4.79 Å². The van der Waals surface area contributed by atoms with Gasteiger partial charge in [-0.25, -0.2) is 0 Å². The lowest BCUT2D eigenvalue weighted by atomic mass is 10.0. The van der Waals surface area contributed by atoms with E-state index < -0.39 is 0 Å². The maximum atomic E-state index is 12.4. The van der Waals surface area contributed by atoms with E-state index in [0.717, 1.165) is 16.7 Å². The summed E-state index contributed by atoms with van der Waals surface area (Å²) in [6.45, 7) is 5.74. The summed E-state index contributed by atoms with van der Waals surface area (Å²) < 4.78 is 0. The smallest absolute Gasteiger partial charge is 0.256 e. The molecule has 2 aromatic carbocycles. The molecule has 3 N–H and O–H groups in total. The zero-order chi connectivity index (χ0) is 14.9. The molecule has 0 saturated heterocycles. The number of anilines is 2. The number of halogens is 1. The number of hydrogen-bond donors (Lipinski definition) is 2. The molecule has 2 aromatic rings. The molecule has 0 aliphatic carbocycles. The van der Waals surface area contributed by atoms with E-state index in [1.54, 1.807) is 18.2 Å². The second-order valence-electron chi connectivity index (χ2n) is 4.94. The number of carbonyl (C=O) groups is 1. The lowest BCUT2D eigenvalue weighted by molar-refractivity contribution is 0.102. The van der Waals surface area contributed by atoms with Gasteiger partial charge in [-0.05, 0) is 55.7 Å². The summed E-state index contributed by atoms with van der Waals surface area (Å²) in [6.07, 6.45) is 0. The highest BCUT2D eigenvalue weighted by atomic mass is 35.5. The molecule has 0 aromatic heterocycles. The highest BCUT2D eigenvalue weighted by molar-refractivity contribution is 6.31. The van der Waals surface area contributed by atoms with Crippen molar-refractivity contribution in [1.82, 2.24) is 0 Å². The van der Waals surface area contributed by atoms with E-state index >= 15 is 0 Å². The molecule has 0 aliphatic rings. The van der Waals surface area contributed by atoms with Gasteiger partial charge in [0.1, 0.15) is 0 Å². The molecular formula is C16H17ClN2O. The molecule has 0 saturated carbocycles. The van der Waals surface area contributed by atoms with Gasteiger partial charge >= 0.3 is 0 Å². The van der Waals surface area contributed by atoms with Crippen molar-refractivity contribution in [2.45, 2.75) is 20.8 Å². The summed E-state index contributed by atoms with van der Waals surface area (Å²) in [5.74, 6) is -0.181. The number of carbonyl (C=O) groups excluding carboxylic acids is 1. The Balaban J connectivity index is 2.33. The zero-order valence-electron chi connectivity index (χ0n) is 11.8. The summed E-state index contributed by atoms with van der Waals surface area (Å²) in [4.78, 5) is 12.4. The van der Waals surface area contributed by atoms with E-state index in [4.69, 9.17) is 17.3 Å². The third-order valence-electron chi connectivity index (χ3n) is 3.31. The number of nitrogens with one attached hydrogen (secondary N) is 1. The molecule has 0 aliphatic heterocycles. The van der Waals surface area contributed by atoms with Crippen LogP contribution in [0.25, 0.3) is 0 Å². The van der Waals surface area contributed by atoms with Crippen LogP contribution in [0.4, 0.5) is 11.4 Å². The summed E-state index contributed by atoms with van der Waals surface area (Å²) in [5, 5.41) is 3.46. The predicted octanol–water partition coefficient (Wildman–Crippen LogP) is 4.10. The number of aryl methyl sites for hydroxylation is 3. The van der Waals surface area contributed by atoms with Crippen LogP contribution >= 0.6 is 11.6 Å². The van der Waals surface area contributed by atoms with Gasteiger partial charge in [-0.2, -0.15) is 0 Å². The number of nitrogen functional groups attached to an aromatic ring is 1. The van der Waals surface area contributed by atoms with E-state index in [9.17, 15) is 4.79 Å². The lowest BCUT2D eigenvalue weighted by Gasteiger charge is -2.12. The number of benzene rings is 2. The third-order valence-corrected chi connectivity index (χ3v) is 3.54. The maximum Gasteiger partial charge on any atom is 0.256 e. The first-order valence-electron chi connectivity index (χ1n) is 6.32. The molecule has 0 fully saturated rings. The Labute approximate surface area is 123 Å². The van der Waals surface area contributed by atoms with Crippen LogP contribution in [0, 0.1) is 20.8 Å². The Bertz CT molecular complexity index is 680. The minimum Gasteiger partial charge on any atom is -0.398 e. The van der Waals surface area contributed by atoms with Crippen molar-refractivity contribution in [1.29, 1.82) is 0 Å². The molecule has 0 spiro atoms. The Morgan fingerprint density at radius 3 is 2.45 bits per heavy atom. The van der Waals surface area contributed by atoms with Gasteiger partial charge in [-0.15, -0.1) is 0 Å². The third kappa shape index (κ3) is 2.94. The Kier molecular flexibility index (Phi) is 4.00. The molecule has 0 heterocycles. The summed E-state index contributed by atoms with van der Waals surface area (Å²) in [6, 6.07) is 9.02. The first-order chi connectivity index (χ1) is 9.38. The summed E-state index contributed by atoms with van der Waals surface area (Å²) in [5.41, 5.74) is 10.6. The molecule has 1 amide bonds. The van der Waals surface area contributed by atoms with Gasteiger partial charge in [0.25, 0.3) is 5.91 Å². The van der Waals surface area contributed by atoms with E-state index in [-0.39, 0.29) is 5.91 Å². The van der Waals surface area contributed by atoms with Crippen molar-refractivity contribution in [3.63, 3.8) is 0 Å². The van der Waals surface area contributed by atoms with E-state index in [2.05, 4.69) is 5.32 Å². The monoisotopic (exact) mass is 288 g/mol. The Hall–Kier alpha value is -2.00. The van der Waals surface area contributed by atoms with E-state index in [0.29, 0.717) is 22.0 Å². The van der Waals surface area contributed by atoms with Gasteiger partial charge in [0.2, 0.25) is 0 Å². The fourth-order valence-corrected chi connectivity index (χ4v) is 2.20. The van der Waals surface area contributed by atoms with Gasteiger partial charge < -0.3 is 11.1 Å². The average Bonchev–Trinajstić information content (AvgIpc) is 2.38. The second-order valence-corrected chi connectivity index (χ2v) is 5.37. The van der Waals surface area contributed by atoms with Gasteiger partial charge in [0, 0.05) is 22.0 Å². The molecule has 0 bridgehead atoms. The Morgan fingerprint density at radius 1 is 1.05 bits per heavy atom. The minimum atomic E-state index is -0.181. The van der Waals surface area contributed by atoms with Gasteiger partial charge in [0.05, 0.1) is 0 Å². The van der Waals surface area contributed by atoms with E-state index in [1.807, 2.05) is 32.9 Å². The number of hydrogen-bond acceptors (Lipinski definition) is 2. The molecular weight excluding hydrogens is 272 g/mol. The van der Waals surface area contributed by atoms with Crippen molar-refractivity contribution in [3.05, 3.63) is 57.6 Å². The van der Waals surface area contributed by atoms with Crippen molar-refractivity contribution in [3.8, 4) is 0 Å². The highest BCUT2D eigenvalue weighted by Gasteiger charge is 2.12. The molecule has 0 atom stereocenters. The standard InChI is InChI=1S/C16H17ClN2O/c1-9-4-5-12(17)7-15(9)19-16(20)13-8-14(18)11(3)6-10(13)2/h4-8H,18H2,1-3H3,(H,19,20). The predicted molar refractivity (Wildman–Crippen MR) is 84.5 cm³/mol. The Morgan fingerprint density at radius 2 is 1.75 bits per heavy atom. The van der Waals surface area contributed by atoms with Crippen molar-refractivity contribution in [2.75, 3.05) is 11.1 Å². The fourth-order valence-electron chi connectivity index (χ4n) is 2.03. The number of amides is 1. The van der Waals surface area contributed by atoms with Gasteiger partial charge in [0.15, 0.2) is 0 Å². The first kappa shape index (κ1) is 14.4. The van der Waals surface area contributed by atoms with Crippen LogP contribution in [0.15, 0.2) is 30.3 Å². The van der Waals surface area contributed by atoms with Gasteiger partial charge in [-0.1, -0.05) is 23.7 Å². The van der Waals surface area contributed by atoms with Crippen LogP contribution in [0.2, 0.25) is 5.02 Å². The fraction of sp³-hybridized carbons (Fsp3) is 0.188. The topological polar surface area (TPSA) is 55.1 Å². The first-order valence-corrected chi connectivity index (χ1v) is 6.70. The largest absolute Gasteiger partial charge is 0.398 e.